The predicted octanol–water partition coefficient (Wildman–Crippen LogP) is 2.18. The fourth-order valence-electron chi connectivity index (χ4n) is 3.99. The van der Waals surface area contributed by atoms with E-state index in [9.17, 15) is 9.59 Å². The summed E-state index contributed by atoms with van der Waals surface area (Å²) in [5.74, 6) is 1.18. The number of carbonyl (C=O) groups excluding carboxylic acids is 2. The lowest BCUT2D eigenvalue weighted by molar-refractivity contribution is -0.117. The maximum atomic E-state index is 12.6. The zero-order chi connectivity index (χ0) is 20.2. The maximum absolute atomic E-state index is 12.6. The molecular weight excluding hydrogens is 368 g/mol. The van der Waals surface area contributed by atoms with Gasteiger partial charge in [0.1, 0.15) is 12.2 Å². The first-order valence-corrected chi connectivity index (χ1v) is 10.4. The number of likely N-dealkylation sites (tertiary alicyclic amines) is 1. The summed E-state index contributed by atoms with van der Waals surface area (Å²) >= 11 is 0. The van der Waals surface area contributed by atoms with Crippen LogP contribution in [0.4, 0.5) is 5.69 Å². The van der Waals surface area contributed by atoms with Crippen molar-refractivity contribution < 1.29 is 9.59 Å². The molecule has 2 amide bonds. The van der Waals surface area contributed by atoms with Gasteiger partial charge in [-0.05, 0) is 57.4 Å². The lowest BCUT2D eigenvalue weighted by Crippen LogP contribution is -2.40. The van der Waals surface area contributed by atoms with E-state index in [0.717, 1.165) is 31.8 Å². The van der Waals surface area contributed by atoms with Crippen LogP contribution in [0, 0.1) is 0 Å². The molecule has 0 radical (unpaired) electrons. The largest absolute Gasteiger partial charge is 0.352 e. The highest BCUT2D eigenvalue weighted by Crippen LogP contribution is 2.38. The minimum Gasteiger partial charge on any atom is -0.352 e. The van der Waals surface area contributed by atoms with E-state index in [1.807, 2.05) is 13.3 Å². The lowest BCUT2D eigenvalue weighted by atomic mass is 9.97. The van der Waals surface area contributed by atoms with Gasteiger partial charge in [0, 0.05) is 36.3 Å². The highest BCUT2D eigenvalue weighted by atomic mass is 16.2. The first kappa shape index (κ1) is 19.6. The second kappa shape index (κ2) is 8.73. The van der Waals surface area contributed by atoms with Crippen LogP contribution >= 0.6 is 0 Å². The summed E-state index contributed by atoms with van der Waals surface area (Å²) < 4.78 is 2.22. The molecule has 8 nitrogen and oxygen atoms in total. The molecule has 1 unspecified atom stereocenters. The summed E-state index contributed by atoms with van der Waals surface area (Å²) in [6.07, 6.45) is 6.39. The van der Waals surface area contributed by atoms with Gasteiger partial charge in [-0.3, -0.25) is 14.5 Å². The number of nitrogens with zero attached hydrogens (tertiary/aromatic N) is 4. The van der Waals surface area contributed by atoms with Gasteiger partial charge in [-0.1, -0.05) is 6.07 Å². The molecule has 1 aromatic carbocycles. The average Bonchev–Trinajstić information content (AvgIpc) is 3.44. The molecule has 1 aliphatic carbocycles. The summed E-state index contributed by atoms with van der Waals surface area (Å²) in [7, 11) is 0. The Balaban J connectivity index is 1.34. The molecule has 2 aromatic rings. The van der Waals surface area contributed by atoms with Crippen molar-refractivity contribution in [1.82, 2.24) is 25.0 Å². The first-order valence-electron chi connectivity index (χ1n) is 10.4. The smallest absolute Gasteiger partial charge is 0.251 e. The van der Waals surface area contributed by atoms with E-state index in [4.69, 9.17) is 0 Å². The van der Waals surface area contributed by atoms with Crippen LogP contribution in [0.25, 0.3) is 0 Å². The molecule has 1 saturated carbocycles. The Morgan fingerprint density at radius 1 is 1.24 bits per heavy atom. The second-order valence-corrected chi connectivity index (χ2v) is 7.89. The van der Waals surface area contributed by atoms with E-state index < -0.39 is 0 Å². The number of aromatic nitrogens is 3. The van der Waals surface area contributed by atoms with Crippen LogP contribution in [0.15, 0.2) is 30.6 Å². The molecule has 2 heterocycles. The summed E-state index contributed by atoms with van der Waals surface area (Å²) in [6.45, 7) is 4.50. The Hall–Kier alpha value is -2.74. The van der Waals surface area contributed by atoms with Crippen molar-refractivity contribution in [1.29, 1.82) is 0 Å². The van der Waals surface area contributed by atoms with Crippen molar-refractivity contribution in [3.05, 3.63) is 42.0 Å². The minimum atomic E-state index is -0.137. The van der Waals surface area contributed by atoms with E-state index in [0.29, 0.717) is 36.3 Å². The normalized spacial score (nSPS) is 19.7. The molecule has 2 fully saturated rings. The Kier molecular flexibility index (Phi) is 5.89. The van der Waals surface area contributed by atoms with Crippen molar-refractivity contribution in [2.24, 2.45) is 0 Å². The zero-order valence-corrected chi connectivity index (χ0v) is 16.8. The van der Waals surface area contributed by atoms with Crippen molar-refractivity contribution in [2.75, 3.05) is 31.5 Å². The average molecular weight is 396 g/mol. The van der Waals surface area contributed by atoms with Gasteiger partial charge in [0.05, 0.1) is 6.54 Å². The molecule has 1 atom stereocenters. The van der Waals surface area contributed by atoms with Crippen LogP contribution in [0.2, 0.25) is 0 Å². The highest BCUT2D eigenvalue weighted by molar-refractivity contribution is 5.97. The van der Waals surface area contributed by atoms with E-state index in [1.165, 1.54) is 12.8 Å². The van der Waals surface area contributed by atoms with E-state index in [2.05, 4.69) is 30.3 Å². The van der Waals surface area contributed by atoms with Crippen molar-refractivity contribution >= 4 is 17.5 Å². The molecule has 4 rings (SSSR count). The number of nitrogens with one attached hydrogen (secondary N) is 2. The third-order valence-electron chi connectivity index (χ3n) is 5.52. The molecule has 0 bridgehead atoms. The summed E-state index contributed by atoms with van der Waals surface area (Å²) in [5, 5.41) is 14.2. The summed E-state index contributed by atoms with van der Waals surface area (Å²) in [6, 6.07) is 7.60. The fraction of sp³-hybridized carbons (Fsp3) is 0.524. The second-order valence-electron chi connectivity index (χ2n) is 7.89. The molecule has 2 aliphatic rings. The minimum absolute atomic E-state index is 0.0673. The zero-order valence-electron chi connectivity index (χ0n) is 16.8. The van der Waals surface area contributed by atoms with Crippen LogP contribution in [0.5, 0.6) is 0 Å². The molecule has 8 heteroatoms. The van der Waals surface area contributed by atoms with Gasteiger partial charge in [-0.15, -0.1) is 10.2 Å². The third kappa shape index (κ3) is 4.82. The molecule has 2 N–H and O–H groups in total. The highest BCUT2D eigenvalue weighted by Gasteiger charge is 2.31. The van der Waals surface area contributed by atoms with Gasteiger partial charge >= 0.3 is 0 Å². The predicted molar refractivity (Wildman–Crippen MR) is 110 cm³/mol. The maximum Gasteiger partial charge on any atom is 0.251 e. The van der Waals surface area contributed by atoms with Crippen LogP contribution in [0.1, 0.15) is 60.7 Å². The monoisotopic (exact) mass is 396 g/mol. The van der Waals surface area contributed by atoms with Gasteiger partial charge in [0.25, 0.3) is 5.91 Å². The number of piperidine rings is 1. The molecule has 154 valence electrons. The Morgan fingerprint density at radius 2 is 2.10 bits per heavy atom. The molecule has 1 aliphatic heterocycles. The topological polar surface area (TPSA) is 92.2 Å². The van der Waals surface area contributed by atoms with E-state index >= 15 is 0 Å². The van der Waals surface area contributed by atoms with Crippen LogP contribution in [0.3, 0.4) is 0 Å². The molecule has 0 spiro atoms. The summed E-state index contributed by atoms with van der Waals surface area (Å²) in [4.78, 5) is 26.7. The van der Waals surface area contributed by atoms with E-state index in [1.54, 1.807) is 24.3 Å². The number of carbonyl (C=O) groups is 2. The standard InChI is InChI=1S/C21H28N6O2/c1-2-22-21(29)15-5-3-7-17(11-15)24-19(28)13-26-10-4-6-16(12-26)20-25-23-14-27(20)18-8-9-18/h3,5,7,11,14,16,18H,2,4,6,8-10,12-13H2,1H3,(H,22,29)(H,24,28). The Labute approximate surface area is 170 Å². The van der Waals surface area contributed by atoms with Crippen LogP contribution in [-0.2, 0) is 4.79 Å². The van der Waals surface area contributed by atoms with Gasteiger partial charge in [-0.25, -0.2) is 0 Å². The number of rotatable bonds is 7. The van der Waals surface area contributed by atoms with Crippen LogP contribution in [-0.4, -0.2) is 57.7 Å². The SMILES string of the molecule is CCNC(=O)c1cccc(NC(=O)CN2CCCC(c3nncn3C3CC3)C2)c1. The van der Waals surface area contributed by atoms with E-state index in [-0.39, 0.29) is 11.8 Å². The number of amides is 2. The number of hydrogen-bond acceptors (Lipinski definition) is 5. The van der Waals surface area contributed by atoms with Gasteiger partial charge < -0.3 is 15.2 Å². The first-order chi connectivity index (χ1) is 14.1. The lowest BCUT2D eigenvalue weighted by Gasteiger charge is -2.31. The Bertz CT molecular complexity index is 876. The fourth-order valence-corrected chi connectivity index (χ4v) is 3.99. The molecular formula is C21H28N6O2. The number of benzene rings is 1. The molecule has 29 heavy (non-hydrogen) atoms. The van der Waals surface area contributed by atoms with Gasteiger partial charge in [0.2, 0.25) is 5.91 Å². The van der Waals surface area contributed by atoms with Crippen molar-refractivity contribution in [3.8, 4) is 0 Å². The number of anilines is 1. The quantitative estimate of drug-likeness (QED) is 0.748. The van der Waals surface area contributed by atoms with Gasteiger partial charge in [0.15, 0.2) is 0 Å². The van der Waals surface area contributed by atoms with Gasteiger partial charge in [-0.2, -0.15) is 0 Å². The number of hydrogen-bond donors (Lipinski definition) is 2. The molecule has 1 aromatic heterocycles. The molecule has 1 saturated heterocycles. The summed E-state index contributed by atoms with van der Waals surface area (Å²) in [5.41, 5.74) is 1.18. The van der Waals surface area contributed by atoms with Crippen molar-refractivity contribution in [2.45, 2.75) is 44.6 Å². The van der Waals surface area contributed by atoms with Crippen LogP contribution < -0.4 is 10.6 Å². The van der Waals surface area contributed by atoms with Crippen molar-refractivity contribution in [3.63, 3.8) is 0 Å². The third-order valence-corrected chi connectivity index (χ3v) is 5.52. The Morgan fingerprint density at radius 3 is 2.90 bits per heavy atom.